The molecule has 1 N–H and O–H groups in total. The molecule has 1 atom stereocenters. The third-order valence-electron chi connectivity index (χ3n) is 3.67. The fourth-order valence-corrected chi connectivity index (χ4v) is 2.39. The number of aromatic nitrogens is 1. The second-order valence-corrected chi connectivity index (χ2v) is 6.90. The van der Waals surface area contributed by atoms with Gasteiger partial charge >= 0.3 is 12.1 Å². The van der Waals surface area contributed by atoms with Crippen molar-refractivity contribution >= 4 is 29.9 Å². The van der Waals surface area contributed by atoms with Gasteiger partial charge < -0.3 is 19.3 Å². The standard InChI is InChI=1S/C18H22N2O7/c1-18(2,3)16(23)20(9-12-10-26-17(24)27-12)15-11(6-8-14(21)22)5-7-13(19-15)25-4/h5-8,12H,9-10H2,1-4H3,(H,21,22)/b8-6+. The topological polar surface area (TPSA) is 115 Å². The maximum absolute atomic E-state index is 13.0. The van der Waals surface area contributed by atoms with E-state index in [0.717, 1.165) is 6.08 Å². The van der Waals surface area contributed by atoms with Crippen LogP contribution in [0.3, 0.4) is 0 Å². The number of aliphatic carboxylic acids is 1. The molecule has 0 aromatic carbocycles. The van der Waals surface area contributed by atoms with Crippen LogP contribution in [-0.2, 0) is 19.1 Å². The second kappa shape index (κ2) is 8.07. The normalized spacial score (nSPS) is 16.7. The number of methoxy groups -OCH3 is 1. The molecule has 9 nitrogen and oxygen atoms in total. The molecule has 9 heteroatoms. The lowest BCUT2D eigenvalue weighted by Gasteiger charge is -2.30. The number of ether oxygens (including phenoxy) is 3. The van der Waals surface area contributed by atoms with E-state index in [1.807, 2.05) is 0 Å². The van der Waals surface area contributed by atoms with E-state index in [1.165, 1.54) is 18.1 Å². The van der Waals surface area contributed by atoms with E-state index in [0.29, 0.717) is 5.56 Å². The molecule has 1 unspecified atom stereocenters. The van der Waals surface area contributed by atoms with Crippen LogP contribution >= 0.6 is 0 Å². The summed E-state index contributed by atoms with van der Waals surface area (Å²) in [5.41, 5.74) is -0.358. The zero-order valence-electron chi connectivity index (χ0n) is 15.6. The molecule has 1 amide bonds. The highest BCUT2D eigenvalue weighted by Gasteiger charge is 2.35. The predicted octanol–water partition coefficient (Wildman–Crippen LogP) is 2.10. The minimum atomic E-state index is -1.14. The molecule has 1 aromatic heterocycles. The van der Waals surface area contributed by atoms with Crippen LogP contribution in [0.4, 0.5) is 10.6 Å². The molecule has 1 aliphatic heterocycles. The van der Waals surface area contributed by atoms with E-state index in [2.05, 4.69) is 4.98 Å². The SMILES string of the molecule is COc1ccc(/C=C/C(=O)O)c(N(CC2COC(=O)O2)C(=O)C(C)(C)C)n1. The minimum Gasteiger partial charge on any atom is -0.481 e. The number of pyridine rings is 1. The van der Waals surface area contributed by atoms with Gasteiger partial charge in [0.15, 0.2) is 6.10 Å². The first-order chi connectivity index (χ1) is 12.6. The number of hydrogen-bond donors (Lipinski definition) is 1. The number of amides is 1. The van der Waals surface area contributed by atoms with Gasteiger partial charge in [-0.05, 0) is 12.1 Å². The minimum absolute atomic E-state index is 0.00984. The van der Waals surface area contributed by atoms with Crippen LogP contribution in [0.25, 0.3) is 6.08 Å². The number of cyclic esters (lactones) is 2. The molecule has 146 valence electrons. The Balaban J connectivity index is 2.50. The summed E-state index contributed by atoms with van der Waals surface area (Å²) in [5, 5.41) is 8.92. The summed E-state index contributed by atoms with van der Waals surface area (Å²) in [4.78, 5) is 40.8. The van der Waals surface area contributed by atoms with E-state index >= 15 is 0 Å². The van der Waals surface area contributed by atoms with Crippen molar-refractivity contribution in [2.24, 2.45) is 5.41 Å². The smallest absolute Gasteiger partial charge is 0.481 e. The Morgan fingerprint density at radius 2 is 2.11 bits per heavy atom. The maximum atomic E-state index is 13.0. The fourth-order valence-electron chi connectivity index (χ4n) is 2.39. The molecule has 0 aliphatic carbocycles. The van der Waals surface area contributed by atoms with Crippen molar-refractivity contribution < 1.29 is 33.7 Å². The molecule has 0 radical (unpaired) electrons. The van der Waals surface area contributed by atoms with Crippen molar-refractivity contribution in [3.05, 3.63) is 23.8 Å². The predicted molar refractivity (Wildman–Crippen MR) is 95.5 cm³/mol. The Labute approximate surface area is 156 Å². The van der Waals surface area contributed by atoms with Gasteiger partial charge in [-0.2, -0.15) is 4.98 Å². The van der Waals surface area contributed by atoms with Crippen LogP contribution in [-0.4, -0.2) is 54.5 Å². The summed E-state index contributed by atoms with van der Waals surface area (Å²) in [5.74, 6) is -0.960. The first-order valence-electron chi connectivity index (χ1n) is 8.23. The number of carboxylic acid groups (broad SMARTS) is 1. The van der Waals surface area contributed by atoms with Gasteiger partial charge in [-0.15, -0.1) is 0 Å². The average Bonchev–Trinajstić information content (AvgIpc) is 3.01. The molecule has 1 fully saturated rings. The van der Waals surface area contributed by atoms with Gasteiger partial charge in [0.2, 0.25) is 11.8 Å². The summed E-state index contributed by atoms with van der Waals surface area (Å²) in [6.45, 7) is 5.25. The quantitative estimate of drug-likeness (QED) is 0.591. The summed E-state index contributed by atoms with van der Waals surface area (Å²) in [6, 6.07) is 3.16. The van der Waals surface area contributed by atoms with E-state index < -0.39 is 23.6 Å². The summed E-state index contributed by atoms with van der Waals surface area (Å²) >= 11 is 0. The number of nitrogens with zero attached hydrogens (tertiary/aromatic N) is 2. The van der Waals surface area contributed by atoms with Crippen LogP contribution in [0.5, 0.6) is 5.88 Å². The molecule has 1 aromatic rings. The monoisotopic (exact) mass is 378 g/mol. The first-order valence-corrected chi connectivity index (χ1v) is 8.23. The lowest BCUT2D eigenvalue weighted by Crippen LogP contribution is -2.45. The molecule has 27 heavy (non-hydrogen) atoms. The fraction of sp³-hybridized carbons (Fsp3) is 0.444. The molecule has 0 spiro atoms. The van der Waals surface area contributed by atoms with Crippen LogP contribution in [0.2, 0.25) is 0 Å². The Morgan fingerprint density at radius 3 is 2.63 bits per heavy atom. The van der Waals surface area contributed by atoms with Gasteiger partial charge in [0.25, 0.3) is 0 Å². The number of rotatable bonds is 6. The molecular weight excluding hydrogens is 356 g/mol. The highest BCUT2D eigenvalue weighted by Crippen LogP contribution is 2.29. The van der Waals surface area contributed by atoms with Gasteiger partial charge in [-0.1, -0.05) is 20.8 Å². The van der Waals surface area contributed by atoms with Crippen LogP contribution < -0.4 is 9.64 Å². The van der Waals surface area contributed by atoms with E-state index in [-0.39, 0.29) is 30.8 Å². The van der Waals surface area contributed by atoms with E-state index in [1.54, 1.807) is 32.9 Å². The third-order valence-corrected chi connectivity index (χ3v) is 3.67. The lowest BCUT2D eigenvalue weighted by atomic mass is 9.94. The van der Waals surface area contributed by atoms with Crippen molar-refractivity contribution in [2.45, 2.75) is 26.9 Å². The highest BCUT2D eigenvalue weighted by atomic mass is 16.8. The lowest BCUT2D eigenvalue weighted by molar-refractivity contribution is -0.131. The molecule has 1 saturated heterocycles. The van der Waals surface area contributed by atoms with Gasteiger partial charge in [-0.25, -0.2) is 9.59 Å². The number of hydrogen-bond acceptors (Lipinski definition) is 7. The maximum Gasteiger partial charge on any atom is 0.508 e. The Kier molecular flexibility index (Phi) is 6.04. The van der Waals surface area contributed by atoms with Gasteiger partial charge in [0.1, 0.15) is 12.4 Å². The molecule has 1 aliphatic rings. The molecule has 0 bridgehead atoms. The van der Waals surface area contributed by atoms with E-state index in [9.17, 15) is 14.4 Å². The van der Waals surface area contributed by atoms with Crippen LogP contribution in [0.1, 0.15) is 26.3 Å². The van der Waals surface area contributed by atoms with Crippen molar-refractivity contribution in [1.82, 2.24) is 4.98 Å². The van der Waals surface area contributed by atoms with Crippen LogP contribution in [0.15, 0.2) is 18.2 Å². The van der Waals surface area contributed by atoms with Crippen LogP contribution in [0, 0.1) is 5.41 Å². The molecule has 0 saturated carbocycles. The number of carbonyl (C=O) groups is 3. The second-order valence-electron chi connectivity index (χ2n) is 6.90. The summed E-state index contributed by atoms with van der Waals surface area (Å²) < 4.78 is 15.0. The molecular formula is C18H22N2O7. The highest BCUT2D eigenvalue weighted by molar-refractivity contribution is 5.98. The Morgan fingerprint density at radius 1 is 1.41 bits per heavy atom. The van der Waals surface area contributed by atoms with Crippen molar-refractivity contribution in [3.63, 3.8) is 0 Å². The van der Waals surface area contributed by atoms with Gasteiger partial charge in [0.05, 0.1) is 13.7 Å². The average molecular weight is 378 g/mol. The Hall–Kier alpha value is -3.10. The largest absolute Gasteiger partial charge is 0.508 e. The zero-order valence-corrected chi connectivity index (χ0v) is 15.6. The third kappa shape index (κ3) is 5.19. The van der Waals surface area contributed by atoms with Gasteiger partial charge in [-0.3, -0.25) is 9.69 Å². The Bertz CT molecular complexity index is 767. The summed E-state index contributed by atoms with van der Waals surface area (Å²) in [6.07, 6.45) is 0.830. The molecule has 2 rings (SSSR count). The van der Waals surface area contributed by atoms with Gasteiger partial charge in [0, 0.05) is 23.1 Å². The number of carboxylic acids is 1. The van der Waals surface area contributed by atoms with Crippen molar-refractivity contribution in [1.29, 1.82) is 0 Å². The zero-order chi connectivity index (χ0) is 20.2. The van der Waals surface area contributed by atoms with Crippen molar-refractivity contribution in [2.75, 3.05) is 25.2 Å². The van der Waals surface area contributed by atoms with E-state index in [4.69, 9.17) is 19.3 Å². The van der Waals surface area contributed by atoms with Crippen molar-refractivity contribution in [3.8, 4) is 5.88 Å². The number of anilines is 1. The summed E-state index contributed by atoms with van der Waals surface area (Å²) in [7, 11) is 1.43. The molecule has 2 heterocycles. The number of carbonyl (C=O) groups excluding carboxylic acids is 2. The first kappa shape index (κ1) is 20.2.